The summed E-state index contributed by atoms with van der Waals surface area (Å²) in [5, 5.41) is 2.67. The summed E-state index contributed by atoms with van der Waals surface area (Å²) in [6.07, 6.45) is 2.40. The molecule has 190 valence electrons. The number of aryl methyl sites for hydroxylation is 1. The fourth-order valence-electron chi connectivity index (χ4n) is 3.75. The molecule has 1 heterocycles. The van der Waals surface area contributed by atoms with Gasteiger partial charge in [-0.1, -0.05) is 47.1 Å². The Hall–Kier alpha value is -3.01. The van der Waals surface area contributed by atoms with Crippen LogP contribution in [0.3, 0.4) is 0 Å². The normalized spacial score (nSPS) is 14.6. The summed E-state index contributed by atoms with van der Waals surface area (Å²) in [5.41, 5.74) is 3.28. The average molecular weight is 644 g/mol. The van der Waals surface area contributed by atoms with Gasteiger partial charge in [-0.2, -0.15) is 0 Å². The Balaban J connectivity index is 1.64. The highest BCUT2D eigenvalue weighted by molar-refractivity contribution is 9.10. The number of amides is 2. The Morgan fingerprint density at radius 2 is 1.62 bits per heavy atom. The molecule has 0 saturated carbocycles. The first-order valence-electron chi connectivity index (χ1n) is 11.6. The largest absolute Gasteiger partial charge is 0.490 e. The van der Waals surface area contributed by atoms with Gasteiger partial charge in [-0.05, 0) is 101 Å². The number of hydrogen-bond donors (Lipinski definition) is 1. The van der Waals surface area contributed by atoms with Crippen LogP contribution in [-0.2, 0) is 22.6 Å². The van der Waals surface area contributed by atoms with E-state index in [0.29, 0.717) is 40.4 Å². The van der Waals surface area contributed by atoms with Gasteiger partial charge >= 0.3 is 0 Å². The van der Waals surface area contributed by atoms with Crippen LogP contribution in [0.25, 0.3) is 6.08 Å². The minimum Gasteiger partial charge on any atom is -0.490 e. The molecule has 37 heavy (non-hydrogen) atoms. The van der Waals surface area contributed by atoms with E-state index in [4.69, 9.17) is 21.7 Å². The summed E-state index contributed by atoms with van der Waals surface area (Å²) >= 11 is 12.3. The topological polar surface area (TPSA) is 67.9 Å². The summed E-state index contributed by atoms with van der Waals surface area (Å²) in [4.78, 5) is 27.5. The van der Waals surface area contributed by atoms with Gasteiger partial charge in [-0.25, -0.2) is 0 Å². The first-order valence-corrected chi connectivity index (χ1v) is 13.6. The number of nitrogens with one attached hydrogen (secondary N) is 1. The fraction of sp³-hybridized carbons (Fsp3) is 0.179. The molecule has 3 aromatic rings. The van der Waals surface area contributed by atoms with Crippen molar-refractivity contribution in [2.45, 2.75) is 26.9 Å². The van der Waals surface area contributed by atoms with Crippen LogP contribution in [0.15, 0.2) is 75.2 Å². The van der Waals surface area contributed by atoms with Crippen LogP contribution in [0.4, 0.5) is 5.69 Å². The number of rotatable bonds is 8. The van der Waals surface area contributed by atoms with Crippen LogP contribution < -0.4 is 19.7 Å². The molecule has 0 spiro atoms. The van der Waals surface area contributed by atoms with E-state index in [1.807, 2.05) is 55.5 Å². The van der Waals surface area contributed by atoms with Gasteiger partial charge in [0.15, 0.2) is 16.6 Å². The SMILES string of the molecule is CCOc1cc(/C=C2\C(=O)NC(=S)N(c3ccc(CC)cc3)C2=O)cc(Br)c1OCc1ccc(Br)cc1. The molecular formula is C28H24Br2N2O4S. The molecule has 9 heteroatoms. The minimum absolute atomic E-state index is 0.0361. The van der Waals surface area contributed by atoms with E-state index < -0.39 is 11.8 Å². The van der Waals surface area contributed by atoms with E-state index in [1.165, 1.54) is 11.0 Å². The summed E-state index contributed by atoms with van der Waals surface area (Å²) < 4.78 is 13.5. The van der Waals surface area contributed by atoms with Gasteiger partial charge in [0, 0.05) is 4.47 Å². The van der Waals surface area contributed by atoms with Gasteiger partial charge < -0.3 is 9.47 Å². The quantitative estimate of drug-likeness (QED) is 0.171. The number of carbonyl (C=O) groups is 2. The number of carbonyl (C=O) groups excluding carboxylic acids is 2. The van der Waals surface area contributed by atoms with Crippen LogP contribution in [0.2, 0.25) is 0 Å². The Morgan fingerprint density at radius 1 is 0.946 bits per heavy atom. The summed E-state index contributed by atoms with van der Waals surface area (Å²) in [6.45, 7) is 4.68. The fourth-order valence-corrected chi connectivity index (χ4v) is 4.87. The molecule has 0 atom stereocenters. The first kappa shape index (κ1) is 27.0. The molecule has 1 fully saturated rings. The number of hydrogen-bond acceptors (Lipinski definition) is 5. The predicted molar refractivity (Wildman–Crippen MR) is 156 cm³/mol. The molecule has 1 aliphatic heterocycles. The van der Waals surface area contributed by atoms with Crippen molar-refractivity contribution in [1.29, 1.82) is 0 Å². The highest BCUT2D eigenvalue weighted by Gasteiger charge is 2.34. The molecular weight excluding hydrogens is 620 g/mol. The molecule has 1 saturated heterocycles. The molecule has 0 unspecified atom stereocenters. The number of benzene rings is 3. The zero-order valence-electron chi connectivity index (χ0n) is 20.2. The monoisotopic (exact) mass is 642 g/mol. The zero-order valence-corrected chi connectivity index (χ0v) is 24.2. The van der Waals surface area contributed by atoms with Crippen molar-refractivity contribution < 1.29 is 19.1 Å². The van der Waals surface area contributed by atoms with Gasteiger partial charge in [-0.15, -0.1) is 0 Å². The van der Waals surface area contributed by atoms with Crippen molar-refractivity contribution in [2.75, 3.05) is 11.5 Å². The van der Waals surface area contributed by atoms with Crippen LogP contribution in [0.5, 0.6) is 11.5 Å². The number of anilines is 1. The Labute approximate surface area is 237 Å². The van der Waals surface area contributed by atoms with Crippen LogP contribution in [-0.4, -0.2) is 23.5 Å². The molecule has 0 bridgehead atoms. The lowest BCUT2D eigenvalue weighted by Crippen LogP contribution is -2.54. The number of thiocarbonyl (C=S) groups is 1. The van der Waals surface area contributed by atoms with Gasteiger partial charge in [-0.3, -0.25) is 19.8 Å². The van der Waals surface area contributed by atoms with Crippen molar-refractivity contribution in [3.63, 3.8) is 0 Å². The standard InChI is InChI=1S/C28H24Br2N2O4S/c1-3-17-7-11-21(12-8-17)32-27(34)22(26(33)31-28(32)37)13-19-14-23(30)25(24(15-19)35-4-2)36-16-18-5-9-20(29)10-6-18/h5-15H,3-4,16H2,1-2H3,(H,31,33,37)/b22-13+. The van der Waals surface area contributed by atoms with E-state index in [2.05, 4.69) is 44.1 Å². The second-order valence-electron chi connectivity index (χ2n) is 8.16. The van der Waals surface area contributed by atoms with Crippen LogP contribution in [0.1, 0.15) is 30.5 Å². The molecule has 0 aromatic heterocycles. The smallest absolute Gasteiger partial charge is 0.270 e. The molecule has 3 aromatic carbocycles. The van der Waals surface area contributed by atoms with Crippen molar-refractivity contribution in [3.8, 4) is 11.5 Å². The van der Waals surface area contributed by atoms with E-state index in [0.717, 1.165) is 22.0 Å². The minimum atomic E-state index is -0.555. The van der Waals surface area contributed by atoms with Crippen molar-refractivity contribution in [2.24, 2.45) is 0 Å². The molecule has 0 aliphatic carbocycles. The Bertz CT molecular complexity index is 1370. The number of ether oxygens (including phenoxy) is 2. The molecule has 6 nitrogen and oxygen atoms in total. The number of nitrogens with zero attached hydrogens (tertiary/aromatic N) is 1. The van der Waals surface area contributed by atoms with Gasteiger partial charge in [0.1, 0.15) is 12.2 Å². The van der Waals surface area contributed by atoms with Crippen molar-refractivity contribution in [1.82, 2.24) is 5.32 Å². The number of halogens is 2. The third-order valence-electron chi connectivity index (χ3n) is 5.64. The zero-order chi connectivity index (χ0) is 26.5. The summed E-state index contributed by atoms with van der Waals surface area (Å²) in [6, 6.07) is 18.9. The summed E-state index contributed by atoms with van der Waals surface area (Å²) in [5.74, 6) is -0.0269. The highest BCUT2D eigenvalue weighted by Crippen LogP contribution is 2.38. The lowest BCUT2D eigenvalue weighted by Gasteiger charge is -2.29. The third kappa shape index (κ3) is 6.29. The lowest BCUT2D eigenvalue weighted by atomic mass is 10.1. The third-order valence-corrected chi connectivity index (χ3v) is 7.05. The van der Waals surface area contributed by atoms with Gasteiger partial charge in [0.05, 0.1) is 16.8 Å². The maximum atomic E-state index is 13.4. The average Bonchev–Trinajstić information content (AvgIpc) is 2.87. The Morgan fingerprint density at radius 3 is 2.27 bits per heavy atom. The maximum Gasteiger partial charge on any atom is 0.270 e. The molecule has 4 rings (SSSR count). The molecule has 1 aliphatic rings. The predicted octanol–water partition coefficient (Wildman–Crippen LogP) is 6.58. The van der Waals surface area contributed by atoms with Gasteiger partial charge in [0.25, 0.3) is 11.8 Å². The maximum absolute atomic E-state index is 13.4. The van der Waals surface area contributed by atoms with Crippen molar-refractivity contribution in [3.05, 3.63) is 91.9 Å². The second kappa shape index (κ2) is 12.0. The van der Waals surface area contributed by atoms with E-state index in [1.54, 1.807) is 12.1 Å². The van der Waals surface area contributed by atoms with E-state index in [-0.39, 0.29) is 10.7 Å². The molecule has 1 N–H and O–H groups in total. The second-order valence-corrected chi connectivity index (χ2v) is 10.3. The first-order chi connectivity index (χ1) is 17.8. The van der Waals surface area contributed by atoms with Crippen molar-refractivity contribution >= 4 is 72.8 Å². The molecule has 0 radical (unpaired) electrons. The highest BCUT2D eigenvalue weighted by atomic mass is 79.9. The van der Waals surface area contributed by atoms with E-state index >= 15 is 0 Å². The summed E-state index contributed by atoms with van der Waals surface area (Å²) in [7, 11) is 0. The van der Waals surface area contributed by atoms with Gasteiger partial charge in [0.2, 0.25) is 0 Å². The van der Waals surface area contributed by atoms with E-state index in [9.17, 15) is 9.59 Å². The van der Waals surface area contributed by atoms with Crippen LogP contribution >= 0.6 is 44.1 Å². The molecule has 2 amide bonds. The lowest BCUT2D eigenvalue weighted by molar-refractivity contribution is -0.122. The Kier molecular flexibility index (Phi) is 8.79. The van der Waals surface area contributed by atoms with Crippen LogP contribution in [0, 0.1) is 0 Å².